The van der Waals surface area contributed by atoms with E-state index in [2.05, 4.69) is 38.5 Å². The number of benzene rings is 2. The van der Waals surface area contributed by atoms with Gasteiger partial charge in [-0.3, -0.25) is 14.6 Å². The first kappa shape index (κ1) is 31.8. The van der Waals surface area contributed by atoms with Crippen molar-refractivity contribution < 1.29 is 23.1 Å². The van der Waals surface area contributed by atoms with Crippen LogP contribution in [0, 0.1) is 17.0 Å². The van der Waals surface area contributed by atoms with Gasteiger partial charge in [-0.15, -0.1) is 0 Å². The second kappa shape index (κ2) is 13.7. The number of likely N-dealkylation sites (N-methyl/N-ethyl adjacent to an activating group) is 1. The molecule has 9 nitrogen and oxygen atoms in total. The first-order valence-corrected chi connectivity index (χ1v) is 15.5. The fraction of sp³-hybridized carbons (Fsp3) is 0.278. The molecule has 2 N–H and O–H groups in total. The van der Waals surface area contributed by atoms with Gasteiger partial charge in [-0.25, -0.2) is 13.8 Å². The number of piperazine rings is 1. The zero-order valence-corrected chi connectivity index (χ0v) is 26.3. The van der Waals surface area contributed by atoms with E-state index in [0.717, 1.165) is 48.7 Å². The average Bonchev–Trinajstić information content (AvgIpc) is 3.90. The van der Waals surface area contributed by atoms with Gasteiger partial charge in [-0.05, 0) is 98.1 Å². The normalized spacial score (nSPS) is 18.5. The number of nitrogens with one attached hydrogen (secondary N) is 2. The Balaban J connectivity index is 1.14. The third-order valence-corrected chi connectivity index (χ3v) is 8.61. The third-order valence-electron chi connectivity index (χ3n) is 8.61. The Bertz CT molecular complexity index is 1770. The van der Waals surface area contributed by atoms with E-state index in [1.165, 1.54) is 42.5 Å². The van der Waals surface area contributed by atoms with Gasteiger partial charge in [0.1, 0.15) is 22.8 Å². The molecule has 2 aliphatic carbocycles. The number of allylic oxidation sites excluding steroid dienone is 5. The van der Waals surface area contributed by atoms with E-state index in [4.69, 9.17) is 9.72 Å². The Labute approximate surface area is 272 Å². The van der Waals surface area contributed by atoms with Gasteiger partial charge in [0.15, 0.2) is 11.6 Å². The SMILES string of the molecule is CN=CC=C1CC=C(c2ccc(N3CCN(C)CC3)nc2)C=C1Oc1ccc(NC(=O)C2(C(=O)Nc3ccc(F)cc3)CC2)cc1F. The van der Waals surface area contributed by atoms with Crippen LogP contribution < -0.4 is 20.3 Å². The molecule has 1 saturated carbocycles. The monoisotopic (exact) mass is 638 g/mol. The van der Waals surface area contributed by atoms with Crippen molar-refractivity contribution in [1.82, 2.24) is 9.88 Å². The molecule has 0 spiro atoms. The predicted octanol–water partition coefficient (Wildman–Crippen LogP) is 5.85. The molecular formula is C36H36F2N6O3. The minimum absolute atomic E-state index is 0.0198. The Morgan fingerprint density at radius 1 is 0.957 bits per heavy atom. The number of carbonyl (C=O) groups excluding carboxylic acids is 2. The van der Waals surface area contributed by atoms with Crippen LogP contribution in [0.3, 0.4) is 0 Å². The van der Waals surface area contributed by atoms with Crippen molar-refractivity contribution in [3.63, 3.8) is 0 Å². The molecule has 0 unspecified atom stereocenters. The van der Waals surface area contributed by atoms with Crippen molar-refractivity contribution in [2.24, 2.45) is 10.4 Å². The summed E-state index contributed by atoms with van der Waals surface area (Å²) in [6.07, 6.45) is 10.5. The summed E-state index contributed by atoms with van der Waals surface area (Å²) in [7, 11) is 3.79. The lowest BCUT2D eigenvalue weighted by molar-refractivity contribution is -0.131. The van der Waals surface area contributed by atoms with Crippen LogP contribution in [0.1, 0.15) is 24.8 Å². The Kier molecular flexibility index (Phi) is 9.26. The lowest BCUT2D eigenvalue weighted by atomic mass is 9.96. The maximum Gasteiger partial charge on any atom is 0.240 e. The van der Waals surface area contributed by atoms with Crippen LogP contribution >= 0.6 is 0 Å². The summed E-state index contributed by atoms with van der Waals surface area (Å²) in [5.74, 6) is -0.750. The summed E-state index contributed by atoms with van der Waals surface area (Å²) in [5.41, 5.74) is 1.95. The van der Waals surface area contributed by atoms with Crippen LogP contribution in [-0.2, 0) is 9.59 Å². The zero-order valence-electron chi connectivity index (χ0n) is 26.3. The molecule has 0 bridgehead atoms. The highest BCUT2D eigenvalue weighted by molar-refractivity contribution is 6.16. The highest BCUT2D eigenvalue weighted by atomic mass is 19.1. The number of ether oxygens (including phenoxy) is 1. The molecule has 47 heavy (non-hydrogen) atoms. The number of anilines is 3. The number of aliphatic imine (C=N–C) groups is 1. The van der Waals surface area contributed by atoms with E-state index in [0.29, 0.717) is 30.7 Å². The van der Waals surface area contributed by atoms with Crippen LogP contribution in [0.4, 0.5) is 26.0 Å². The van der Waals surface area contributed by atoms with E-state index in [-0.39, 0.29) is 11.4 Å². The summed E-state index contributed by atoms with van der Waals surface area (Å²) in [4.78, 5) is 39.3. The van der Waals surface area contributed by atoms with E-state index in [1.54, 1.807) is 13.3 Å². The fourth-order valence-corrected chi connectivity index (χ4v) is 5.50. The minimum Gasteiger partial charge on any atom is -0.454 e. The second-order valence-corrected chi connectivity index (χ2v) is 11.9. The van der Waals surface area contributed by atoms with Crippen molar-refractivity contribution in [2.45, 2.75) is 19.3 Å². The average molecular weight is 639 g/mol. The van der Waals surface area contributed by atoms with Gasteiger partial charge in [-0.1, -0.05) is 6.08 Å². The molecule has 2 amide bonds. The molecule has 0 radical (unpaired) electrons. The lowest BCUT2D eigenvalue weighted by Crippen LogP contribution is -2.44. The zero-order chi connectivity index (χ0) is 33.0. The molecule has 2 fully saturated rings. The van der Waals surface area contributed by atoms with Gasteiger partial charge in [0, 0.05) is 68.7 Å². The van der Waals surface area contributed by atoms with Crippen molar-refractivity contribution in [1.29, 1.82) is 0 Å². The Hall–Kier alpha value is -5.16. The van der Waals surface area contributed by atoms with Crippen LogP contribution in [-0.4, -0.2) is 68.2 Å². The number of halogens is 2. The number of hydrogen-bond acceptors (Lipinski definition) is 7. The van der Waals surface area contributed by atoms with E-state index in [1.807, 2.05) is 30.5 Å². The summed E-state index contributed by atoms with van der Waals surface area (Å²) in [5, 5.41) is 5.33. The molecular weight excluding hydrogens is 602 g/mol. The molecule has 242 valence electrons. The quantitative estimate of drug-likeness (QED) is 0.226. The molecule has 6 rings (SSSR count). The first-order valence-electron chi connectivity index (χ1n) is 15.5. The predicted molar refractivity (Wildman–Crippen MR) is 179 cm³/mol. The highest BCUT2D eigenvalue weighted by Gasteiger charge is 2.56. The first-order chi connectivity index (χ1) is 22.7. The van der Waals surface area contributed by atoms with Crippen LogP contribution in [0.25, 0.3) is 5.57 Å². The Morgan fingerprint density at radius 3 is 2.30 bits per heavy atom. The number of aromatic nitrogens is 1. The largest absolute Gasteiger partial charge is 0.454 e. The molecule has 1 saturated heterocycles. The highest BCUT2D eigenvalue weighted by Crippen LogP contribution is 2.47. The molecule has 1 aliphatic heterocycles. The molecule has 11 heteroatoms. The maximum atomic E-state index is 15.4. The fourth-order valence-electron chi connectivity index (χ4n) is 5.50. The molecule has 3 aromatic rings. The molecule has 0 atom stereocenters. The van der Waals surface area contributed by atoms with E-state index >= 15 is 4.39 Å². The molecule has 2 heterocycles. The summed E-state index contributed by atoms with van der Waals surface area (Å²) < 4.78 is 34.7. The van der Waals surface area contributed by atoms with Crippen LogP contribution in [0.15, 0.2) is 95.3 Å². The summed E-state index contributed by atoms with van der Waals surface area (Å²) in [6, 6.07) is 13.5. The van der Waals surface area contributed by atoms with E-state index in [9.17, 15) is 14.0 Å². The van der Waals surface area contributed by atoms with Gasteiger partial charge in [-0.2, -0.15) is 0 Å². The number of hydrogen-bond donors (Lipinski definition) is 2. The summed E-state index contributed by atoms with van der Waals surface area (Å²) in [6.45, 7) is 3.85. The second-order valence-electron chi connectivity index (χ2n) is 11.9. The number of nitrogens with zero attached hydrogens (tertiary/aromatic N) is 4. The van der Waals surface area contributed by atoms with Crippen LogP contribution in [0.5, 0.6) is 5.75 Å². The van der Waals surface area contributed by atoms with Crippen molar-refractivity contribution in [3.8, 4) is 5.75 Å². The van der Waals surface area contributed by atoms with Crippen molar-refractivity contribution >= 4 is 40.8 Å². The van der Waals surface area contributed by atoms with Gasteiger partial charge in [0.25, 0.3) is 0 Å². The smallest absolute Gasteiger partial charge is 0.240 e. The topological polar surface area (TPSA) is 99.2 Å². The summed E-state index contributed by atoms with van der Waals surface area (Å²) >= 11 is 0. The number of amides is 2. The molecule has 2 aromatic carbocycles. The van der Waals surface area contributed by atoms with Crippen molar-refractivity contribution in [2.75, 3.05) is 55.8 Å². The minimum atomic E-state index is -1.27. The molecule has 1 aromatic heterocycles. The van der Waals surface area contributed by atoms with Gasteiger partial charge in [0.2, 0.25) is 11.8 Å². The van der Waals surface area contributed by atoms with Gasteiger partial charge >= 0.3 is 0 Å². The standard InChI is InChI=1S/C36H36F2N6O3/c1-39-16-13-24-3-4-25(26-5-12-33(40-23-26)44-19-17-43(2)18-20-44)21-32(24)47-31-11-10-29(22-30(31)38)42-35(46)36(14-15-36)34(45)41-28-8-6-27(37)7-9-28/h4-13,16,21-23H,3,14-15,17-20H2,1-2H3,(H,41,45)(H,42,46). The maximum absolute atomic E-state index is 15.4. The van der Waals surface area contributed by atoms with Crippen LogP contribution in [0.2, 0.25) is 0 Å². The van der Waals surface area contributed by atoms with Gasteiger partial charge in [0.05, 0.1) is 0 Å². The number of pyridine rings is 1. The van der Waals surface area contributed by atoms with Crippen molar-refractivity contribution in [3.05, 3.63) is 108 Å². The number of carbonyl (C=O) groups is 2. The van der Waals surface area contributed by atoms with Gasteiger partial charge < -0.3 is 25.2 Å². The lowest BCUT2D eigenvalue weighted by Gasteiger charge is -2.33. The van der Waals surface area contributed by atoms with E-state index < -0.39 is 28.9 Å². The molecule has 3 aliphatic rings. The number of rotatable bonds is 9. The Morgan fingerprint density at radius 2 is 1.66 bits per heavy atom. The third kappa shape index (κ3) is 7.30.